The molecular formula is C12H17N4O5+. The van der Waals surface area contributed by atoms with Gasteiger partial charge < -0.3 is 15.4 Å². The van der Waals surface area contributed by atoms with Gasteiger partial charge in [-0.25, -0.2) is 9.36 Å². The average molecular weight is 297 g/mol. The molecule has 2 rings (SSSR count). The van der Waals surface area contributed by atoms with Crippen LogP contribution in [0.5, 0.6) is 5.88 Å². The molecule has 0 saturated heterocycles. The number of hydrogen-bond donors (Lipinski definition) is 5. The number of nitrogens with one attached hydrogen (secondary N) is 2. The van der Waals surface area contributed by atoms with Gasteiger partial charge in [0.15, 0.2) is 5.69 Å². The summed E-state index contributed by atoms with van der Waals surface area (Å²) < 4.78 is 2.54. The number of aromatic hydroxyl groups is 1. The van der Waals surface area contributed by atoms with Crippen LogP contribution in [-0.2, 0) is 13.0 Å². The minimum absolute atomic E-state index is 0.0749. The predicted molar refractivity (Wildman–Crippen MR) is 70.5 cm³/mol. The molecule has 0 aliphatic rings. The van der Waals surface area contributed by atoms with Crippen LogP contribution in [0.4, 0.5) is 0 Å². The zero-order valence-electron chi connectivity index (χ0n) is 11.7. The van der Waals surface area contributed by atoms with Gasteiger partial charge in [-0.3, -0.25) is 14.8 Å². The number of imidazole rings is 1. The first kappa shape index (κ1) is 14.9. The van der Waals surface area contributed by atoms with E-state index in [1.807, 2.05) is 4.98 Å². The maximum Gasteiger partial charge on any atom is 0.328 e. The van der Waals surface area contributed by atoms with Crippen LogP contribution in [-0.4, -0.2) is 36.7 Å². The molecule has 0 aliphatic heterocycles. The lowest BCUT2D eigenvalue weighted by Gasteiger charge is -2.03. The van der Waals surface area contributed by atoms with Gasteiger partial charge in [0.05, 0.1) is 18.6 Å². The van der Waals surface area contributed by atoms with Crippen LogP contribution in [0.1, 0.15) is 22.8 Å². The van der Waals surface area contributed by atoms with Crippen LogP contribution in [0.25, 0.3) is 0 Å². The van der Waals surface area contributed by atoms with E-state index >= 15 is 0 Å². The molecule has 0 fully saturated rings. The molecule has 9 nitrogen and oxygen atoms in total. The maximum atomic E-state index is 11.8. The van der Waals surface area contributed by atoms with Crippen molar-refractivity contribution in [1.82, 2.24) is 14.7 Å². The van der Waals surface area contributed by atoms with Gasteiger partial charge in [-0.15, -0.1) is 0 Å². The number of aromatic nitrogens is 4. The van der Waals surface area contributed by atoms with E-state index in [2.05, 4.69) is 4.98 Å². The number of aromatic amines is 2. The Morgan fingerprint density at radius 2 is 1.90 bits per heavy atom. The summed E-state index contributed by atoms with van der Waals surface area (Å²) >= 11 is 0. The molecule has 9 heteroatoms. The van der Waals surface area contributed by atoms with Gasteiger partial charge in [-0.1, -0.05) is 0 Å². The largest absolute Gasteiger partial charge is 0.494 e. The van der Waals surface area contributed by atoms with Crippen LogP contribution >= 0.6 is 0 Å². The van der Waals surface area contributed by atoms with Crippen molar-refractivity contribution >= 4 is 0 Å². The molecule has 2 aromatic heterocycles. The van der Waals surface area contributed by atoms with E-state index in [9.17, 15) is 19.9 Å². The minimum atomic E-state index is -0.809. The van der Waals surface area contributed by atoms with Gasteiger partial charge in [0, 0.05) is 13.8 Å². The van der Waals surface area contributed by atoms with Gasteiger partial charge >= 0.3 is 11.5 Å². The van der Waals surface area contributed by atoms with Crippen molar-refractivity contribution in [1.29, 1.82) is 0 Å². The number of hydrogen-bond acceptors (Lipinski definition) is 5. The molecule has 0 unspecified atom stereocenters. The third-order valence-corrected chi connectivity index (χ3v) is 3.48. The molecule has 0 spiro atoms. The van der Waals surface area contributed by atoms with E-state index in [-0.39, 0.29) is 25.1 Å². The zero-order valence-corrected chi connectivity index (χ0v) is 11.7. The molecule has 5 N–H and O–H groups in total. The Balaban J connectivity index is 2.57. The van der Waals surface area contributed by atoms with Gasteiger partial charge in [-0.2, -0.15) is 0 Å². The van der Waals surface area contributed by atoms with Crippen LogP contribution < -0.4 is 15.8 Å². The summed E-state index contributed by atoms with van der Waals surface area (Å²) in [5, 5.41) is 28.9. The second-order valence-corrected chi connectivity index (χ2v) is 4.69. The first-order valence-corrected chi connectivity index (χ1v) is 6.32. The molecule has 2 heterocycles. The number of aliphatic hydroxyl groups is 1. The highest BCUT2D eigenvalue weighted by Gasteiger charge is 2.27. The predicted octanol–water partition coefficient (Wildman–Crippen LogP) is -1.70. The van der Waals surface area contributed by atoms with E-state index in [1.54, 1.807) is 18.4 Å². The summed E-state index contributed by atoms with van der Waals surface area (Å²) in [6.07, 6.45) is -0.108. The van der Waals surface area contributed by atoms with E-state index < -0.39 is 17.1 Å². The smallest absolute Gasteiger partial charge is 0.328 e. The molecule has 21 heavy (non-hydrogen) atoms. The first-order chi connectivity index (χ1) is 9.86. The fourth-order valence-electron chi connectivity index (χ4n) is 2.24. The lowest BCUT2D eigenvalue weighted by atomic mass is 10.2. The van der Waals surface area contributed by atoms with Crippen molar-refractivity contribution in [2.45, 2.75) is 26.8 Å². The van der Waals surface area contributed by atoms with Gasteiger partial charge in [0.1, 0.15) is 12.2 Å². The second kappa shape index (κ2) is 5.44. The van der Waals surface area contributed by atoms with Crippen LogP contribution in [0.2, 0.25) is 0 Å². The van der Waals surface area contributed by atoms with E-state index in [1.165, 1.54) is 0 Å². The third-order valence-electron chi connectivity index (χ3n) is 3.48. The Hall–Kier alpha value is -2.55. The van der Waals surface area contributed by atoms with Crippen LogP contribution in [0.15, 0.2) is 9.59 Å². The summed E-state index contributed by atoms with van der Waals surface area (Å²) in [6, 6.07) is 0. The lowest BCUT2D eigenvalue weighted by Crippen LogP contribution is -2.42. The first-order valence-electron chi connectivity index (χ1n) is 6.32. The average Bonchev–Trinajstić information content (AvgIpc) is 2.60. The summed E-state index contributed by atoms with van der Waals surface area (Å²) in [4.78, 5) is 26.9. The van der Waals surface area contributed by atoms with Crippen molar-refractivity contribution in [3.63, 3.8) is 0 Å². The summed E-state index contributed by atoms with van der Waals surface area (Å²) in [7, 11) is 0. The molecule has 0 saturated carbocycles. The highest BCUT2D eigenvalue weighted by Crippen LogP contribution is 2.13. The molecule has 0 aromatic carbocycles. The SMILES string of the molecule is Cc1c(C)[n+](CCO)c(Cc2c(O)[nH]c(=O)[nH]c2=O)n1O. The highest BCUT2D eigenvalue weighted by atomic mass is 16.5. The zero-order chi connectivity index (χ0) is 15.7. The lowest BCUT2D eigenvalue weighted by molar-refractivity contribution is -0.711. The van der Waals surface area contributed by atoms with Crippen molar-refractivity contribution in [3.05, 3.63) is 43.6 Å². The van der Waals surface area contributed by atoms with Crippen LogP contribution in [0.3, 0.4) is 0 Å². The van der Waals surface area contributed by atoms with Gasteiger partial charge in [0.25, 0.3) is 5.56 Å². The maximum absolute atomic E-state index is 11.8. The summed E-state index contributed by atoms with van der Waals surface area (Å²) in [6.45, 7) is 3.54. The van der Waals surface area contributed by atoms with Crippen molar-refractivity contribution in [2.24, 2.45) is 0 Å². The molecule has 0 aliphatic carbocycles. The number of nitrogens with zero attached hydrogens (tertiary/aromatic N) is 2. The Morgan fingerprint density at radius 1 is 1.24 bits per heavy atom. The van der Waals surface area contributed by atoms with Gasteiger partial charge in [-0.05, 0) is 4.73 Å². The fourth-order valence-corrected chi connectivity index (χ4v) is 2.24. The number of H-pyrrole nitrogens is 2. The second-order valence-electron chi connectivity index (χ2n) is 4.69. The molecule has 0 atom stereocenters. The molecule has 0 radical (unpaired) electrons. The molecule has 0 amide bonds. The Labute approximate surface area is 118 Å². The van der Waals surface area contributed by atoms with Crippen molar-refractivity contribution in [3.8, 4) is 5.88 Å². The molecule has 0 bridgehead atoms. The number of rotatable bonds is 4. The van der Waals surface area contributed by atoms with E-state index in [0.29, 0.717) is 11.5 Å². The van der Waals surface area contributed by atoms with Crippen molar-refractivity contribution < 1.29 is 20.0 Å². The minimum Gasteiger partial charge on any atom is -0.494 e. The molecule has 2 aromatic rings. The summed E-state index contributed by atoms with van der Waals surface area (Å²) in [5.74, 6) is -0.234. The monoisotopic (exact) mass is 297 g/mol. The van der Waals surface area contributed by atoms with Crippen LogP contribution in [0, 0.1) is 13.8 Å². The number of aliphatic hydroxyl groups excluding tert-OH is 1. The fraction of sp³-hybridized carbons (Fsp3) is 0.417. The Bertz CT molecular complexity index is 786. The van der Waals surface area contributed by atoms with E-state index in [4.69, 9.17) is 5.11 Å². The quantitative estimate of drug-likeness (QED) is 0.338. The van der Waals surface area contributed by atoms with E-state index in [0.717, 1.165) is 10.4 Å². The highest BCUT2D eigenvalue weighted by molar-refractivity contribution is 5.24. The normalized spacial score (nSPS) is 11.0. The molecule has 114 valence electrons. The third kappa shape index (κ3) is 2.55. The standard InChI is InChI=1S/C12H16N4O5/c1-6-7(2)16(21)9(15(6)3-4-17)5-8-10(18)13-12(20)14-11(8)19/h17H,3-5H2,1-2H3,(H3-,13,14,18,19,20,21)/p+1. The Kier molecular flexibility index (Phi) is 3.85. The Morgan fingerprint density at radius 3 is 2.48 bits per heavy atom. The molecular weight excluding hydrogens is 280 g/mol. The topological polar surface area (TPSA) is 135 Å². The summed E-state index contributed by atoms with van der Waals surface area (Å²) in [5.41, 5.74) is -0.339. The van der Waals surface area contributed by atoms with Crippen molar-refractivity contribution in [2.75, 3.05) is 6.61 Å². The van der Waals surface area contributed by atoms with Gasteiger partial charge in [0.2, 0.25) is 5.88 Å².